The Bertz CT molecular complexity index is 701. The van der Waals surface area contributed by atoms with E-state index in [9.17, 15) is 4.79 Å². The van der Waals surface area contributed by atoms with Gasteiger partial charge in [-0.15, -0.1) is 0 Å². The maximum Gasteiger partial charge on any atom is 0.261 e. The highest BCUT2D eigenvalue weighted by Gasteiger charge is 2.17. The van der Waals surface area contributed by atoms with Gasteiger partial charge in [0.05, 0.1) is 6.54 Å². The van der Waals surface area contributed by atoms with Gasteiger partial charge in [-0.1, -0.05) is 30.7 Å². The van der Waals surface area contributed by atoms with Gasteiger partial charge in [0, 0.05) is 5.02 Å². The molecule has 0 fully saturated rings. The monoisotopic (exact) mass is 361 g/mol. The Morgan fingerprint density at radius 3 is 2.56 bits per heavy atom. The first-order valence-electron chi connectivity index (χ1n) is 8.39. The second-order valence-corrected chi connectivity index (χ2v) is 6.31. The third-order valence-corrected chi connectivity index (χ3v) is 4.01. The number of rotatable bonds is 8. The number of aryl methyl sites for hydroxylation is 2. The van der Waals surface area contributed by atoms with E-state index in [1.54, 1.807) is 24.3 Å². The number of halogens is 1. The molecule has 2 aromatic rings. The summed E-state index contributed by atoms with van der Waals surface area (Å²) in [5.41, 5.74) is 2.22. The van der Waals surface area contributed by atoms with E-state index >= 15 is 0 Å². The molecule has 0 radical (unpaired) electrons. The second-order valence-electron chi connectivity index (χ2n) is 5.88. The fraction of sp³-hybridized carbons (Fsp3) is 0.350. The van der Waals surface area contributed by atoms with Crippen molar-refractivity contribution in [2.75, 3.05) is 13.2 Å². The van der Waals surface area contributed by atoms with E-state index in [-0.39, 0.29) is 5.91 Å². The molecule has 0 saturated heterocycles. The predicted molar refractivity (Wildman–Crippen MR) is 101 cm³/mol. The minimum Gasteiger partial charge on any atom is -0.491 e. The quantitative estimate of drug-likeness (QED) is 0.713. The van der Waals surface area contributed by atoms with E-state index < -0.39 is 6.10 Å². The largest absolute Gasteiger partial charge is 0.491 e. The van der Waals surface area contributed by atoms with Gasteiger partial charge in [-0.25, -0.2) is 0 Å². The van der Waals surface area contributed by atoms with Crippen LogP contribution in [0.5, 0.6) is 11.5 Å². The molecule has 0 spiro atoms. The van der Waals surface area contributed by atoms with E-state index in [0.29, 0.717) is 30.3 Å². The van der Waals surface area contributed by atoms with E-state index in [1.165, 1.54) is 0 Å². The van der Waals surface area contributed by atoms with E-state index in [4.69, 9.17) is 21.1 Å². The van der Waals surface area contributed by atoms with Crippen LogP contribution >= 0.6 is 11.6 Å². The summed E-state index contributed by atoms with van der Waals surface area (Å²) in [4.78, 5) is 12.3. The van der Waals surface area contributed by atoms with Crippen molar-refractivity contribution in [3.63, 3.8) is 0 Å². The summed E-state index contributed by atoms with van der Waals surface area (Å²) in [5.74, 6) is 1.32. The predicted octanol–water partition coefficient (Wildman–Crippen LogP) is 4.31. The minimum absolute atomic E-state index is 0.151. The van der Waals surface area contributed by atoms with Crippen molar-refractivity contribution < 1.29 is 14.3 Å². The van der Waals surface area contributed by atoms with Crippen LogP contribution in [0.4, 0.5) is 0 Å². The van der Waals surface area contributed by atoms with Gasteiger partial charge in [0.1, 0.15) is 18.1 Å². The summed E-state index contributed by atoms with van der Waals surface area (Å²) < 4.78 is 11.5. The standard InChI is InChI=1S/C20H24ClNO3/c1-4-18(25-17-9-7-16(21)8-10-17)20(23)22-11-12-24-19-13-14(2)5-6-15(19)3/h5-10,13,18H,4,11-12H2,1-3H3,(H,22,23)/t18-/m0/s1. The molecular formula is C20H24ClNO3. The Morgan fingerprint density at radius 1 is 1.16 bits per heavy atom. The molecule has 0 aliphatic carbocycles. The van der Waals surface area contributed by atoms with Crippen molar-refractivity contribution in [3.8, 4) is 11.5 Å². The molecule has 2 aromatic carbocycles. The lowest BCUT2D eigenvalue weighted by Crippen LogP contribution is -2.39. The summed E-state index contributed by atoms with van der Waals surface area (Å²) in [6.07, 6.45) is 0.0358. The summed E-state index contributed by atoms with van der Waals surface area (Å²) in [7, 11) is 0. The van der Waals surface area contributed by atoms with E-state index in [0.717, 1.165) is 16.9 Å². The Morgan fingerprint density at radius 2 is 1.88 bits per heavy atom. The van der Waals surface area contributed by atoms with Crippen LogP contribution in [-0.2, 0) is 4.79 Å². The van der Waals surface area contributed by atoms with Crippen LogP contribution in [0, 0.1) is 13.8 Å². The third kappa shape index (κ3) is 5.98. The van der Waals surface area contributed by atoms with Crippen LogP contribution in [0.15, 0.2) is 42.5 Å². The number of hydrogen-bond acceptors (Lipinski definition) is 3. The van der Waals surface area contributed by atoms with Crippen molar-refractivity contribution in [2.24, 2.45) is 0 Å². The SMILES string of the molecule is CC[C@H](Oc1ccc(Cl)cc1)C(=O)NCCOc1cc(C)ccc1C. The first kappa shape index (κ1) is 19.1. The Kier molecular flexibility index (Phi) is 7.14. The van der Waals surface area contributed by atoms with Crippen molar-refractivity contribution >= 4 is 17.5 Å². The lowest BCUT2D eigenvalue weighted by molar-refractivity contribution is -0.128. The van der Waals surface area contributed by atoms with Crippen molar-refractivity contribution in [2.45, 2.75) is 33.3 Å². The number of carbonyl (C=O) groups is 1. The molecule has 1 N–H and O–H groups in total. The number of hydrogen-bond donors (Lipinski definition) is 1. The van der Waals surface area contributed by atoms with Gasteiger partial charge in [0.2, 0.25) is 0 Å². The van der Waals surface area contributed by atoms with Crippen molar-refractivity contribution in [1.82, 2.24) is 5.32 Å². The molecule has 0 aliphatic heterocycles. The summed E-state index contributed by atoms with van der Waals surface area (Å²) in [5, 5.41) is 3.49. The van der Waals surface area contributed by atoms with Crippen molar-refractivity contribution in [1.29, 1.82) is 0 Å². The van der Waals surface area contributed by atoms with Crippen LogP contribution in [0.2, 0.25) is 5.02 Å². The first-order valence-corrected chi connectivity index (χ1v) is 8.77. The molecule has 5 heteroatoms. The molecule has 1 atom stereocenters. The summed E-state index contributed by atoms with van der Waals surface area (Å²) in [6, 6.07) is 13.0. The molecule has 0 unspecified atom stereocenters. The van der Waals surface area contributed by atoms with Crippen LogP contribution in [0.25, 0.3) is 0 Å². The van der Waals surface area contributed by atoms with Gasteiger partial charge in [0.25, 0.3) is 5.91 Å². The lowest BCUT2D eigenvalue weighted by Gasteiger charge is -2.17. The fourth-order valence-electron chi connectivity index (χ4n) is 2.31. The molecule has 0 heterocycles. The highest BCUT2D eigenvalue weighted by Crippen LogP contribution is 2.19. The zero-order valence-electron chi connectivity index (χ0n) is 14.8. The molecule has 25 heavy (non-hydrogen) atoms. The molecule has 4 nitrogen and oxygen atoms in total. The lowest BCUT2D eigenvalue weighted by atomic mass is 10.1. The second kappa shape index (κ2) is 9.33. The fourth-order valence-corrected chi connectivity index (χ4v) is 2.44. The van der Waals surface area contributed by atoms with E-state index in [1.807, 2.05) is 39.0 Å². The van der Waals surface area contributed by atoms with Crippen LogP contribution in [0.3, 0.4) is 0 Å². The Labute approximate surface area is 154 Å². The van der Waals surface area contributed by atoms with Gasteiger partial charge in [-0.05, 0) is 61.7 Å². The van der Waals surface area contributed by atoms with Crippen LogP contribution in [0.1, 0.15) is 24.5 Å². The highest BCUT2D eigenvalue weighted by atomic mass is 35.5. The maximum absolute atomic E-state index is 12.3. The Balaban J connectivity index is 1.79. The molecule has 2 rings (SSSR count). The Hall–Kier alpha value is -2.20. The molecule has 134 valence electrons. The number of nitrogens with one attached hydrogen (secondary N) is 1. The topological polar surface area (TPSA) is 47.6 Å². The van der Waals surface area contributed by atoms with Crippen LogP contribution in [-0.4, -0.2) is 25.2 Å². The molecule has 0 saturated carbocycles. The smallest absolute Gasteiger partial charge is 0.261 e. The number of carbonyl (C=O) groups excluding carboxylic acids is 1. The number of amides is 1. The average Bonchev–Trinajstić information content (AvgIpc) is 2.60. The minimum atomic E-state index is -0.540. The van der Waals surface area contributed by atoms with Gasteiger partial charge < -0.3 is 14.8 Å². The first-order chi connectivity index (χ1) is 12.0. The van der Waals surface area contributed by atoms with Gasteiger partial charge in [0.15, 0.2) is 6.10 Å². The van der Waals surface area contributed by atoms with Gasteiger partial charge in [-0.3, -0.25) is 4.79 Å². The normalized spacial score (nSPS) is 11.7. The van der Waals surface area contributed by atoms with E-state index in [2.05, 4.69) is 5.32 Å². The molecular weight excluding hydrogens is 338 g/mol. The highest BCUT2D eigenvalue weighted by molar-refractivity contribution is 6.30. The molecule has 0 aromatic heterocycles. The van der Waals surface area contributed by atoms with Gasteiger partial charge in [-0.2, -0.15) is 0 Å². The van der Waals surface area contributed by atoms with Crippen molar-refractivity contribution in [3.05, 3.63) is 58.6 Å². The maximum atomic E-state index is 12.3. The van der Waals surface area contributed by atoms with Crippen LogP contribution < -0.4 is 14.8 Å². The number of ether oxygens (including phenoxy) is 2. The molecule has 1 amide bonds. The molecule has 0 bridgehead atoms. The average molecular weight is 362 g/mol. The summed E-state index contributed by atoms with van der Waals surface area (Å²) >= 11 is 5.85. The zero-order chi connectivity index (χ0) is 18.2. The molecule has 0 aliphatic rings. The summed E-state index contributed by atoms with van der Waals surface area (Å²) in [6.45, 7) is 6.77. The third-order valence-electron chi connectivity index (χ3n) is 3.76. The zero-order valence-corrected chi connectivity index (χ0v) is 15.6. The van der Waals surface area contributed by atoms with Gasteiger partial charge >= 0.3 is 0 Å². The number of benzene rings is 2.